The highest BCUT2D eigenvalue weighted by molar-refractivity contribution is 5.04. The third-order valence-electron chi connectivity index (χ3n) is 4.97. The van der Waals surface area contributed by atoms with E-state index in [0.29, 0.717) is 6.04 Å². The third-order valence-corrected chi connectivity index (χ3v) is 4.97. The zero-order chi connectivity index (χ0) is 13.8. The number of hydrogen-bond acceptors (Lipinski definition) is 3. The lowest BCUT2D eigenvalue weighted by Gasteiger charge is -2.25. The molecule has 0 amide bonds. The Labute approximate surface area is 122 Å². The Bertz CT molecular complexity index is 420. The lowest BCUT2D eigenvalue weighted by molar-refractivity contribution is 0.333. The average molecular weight is 276 g/mol. The summed E-state index contributed by atoms with van der Waals surface area (Å²) in [5.74, 6) is 3.34. The molecule has 0 saturated heterocycles. The number of aromatic nitrogens is 3. The molecule has 1 N–H and O–H groups in total. The van der Waals surface area contributed by atoms with Gasteiger partial charge in [0, 0.05) is 19.5 Å². The minimum absolute atomic E-state index is 0.421. The van der Waals surface area contributed by atoms with E-state index in [1.165, 1.54) is 63.0 Å². The Morgan fingerprint density at radius 1 is 1.15 bits per heavy atom. The van der Waals surface area contributed by atoms with Gasteiger partial charge >= 0.3 is 0 Å². The van der Waals surface area contributed by atoms with Crippen LogP contribution in [0.25, 0.3) is 0 Å². The van der Waals surface area contributed by atoms with Crippen molar-refractivity contribution in [2.75, 3.05) is 6.54 Å². The lowest BCUT2D eigenvalue weighted by Crippen LogP contribution is -2.34. The van der Waals surface area contributed by atoms with Crippen molar-refractivity contribution < 1.29 is 0 Å². The molecule has 0 radical (unpaired) electrons. The van der Waals surface area contributed by atoms with Crippen molar-refractivity contribution in [2.24, 2.45) is 5.92 Å². The normalized spacial score (nSPS) is 23.8. The molecule has 2 heterocycles. The number of nitrogens with one attached hydrogen (secondary N) is 1. The number of hydrogen-bond donors (Lipinski definition) is 1. The summed E-state index contributed by atoms with van der Waals surface area (Å²) in [7, 11) is 0. The molecule has 2 aliphatic rings. The van der Waals surface area contributed by atoms with Crippen molar-refractivity contribution >= 4 is 0 Å². The van der Waals surface area contributed by atoms with Crippen LogP contribution in [0.2, 0.25) is 0 Å². The van der Waals surface area contributed by atoms with Crippen molar-refractivity contribution in [1.29, 1.82) is 0 Å². The topological polar surface area (TPSA) is 42.7 Å². The van der Waals surface area contributed by atoms with Gasteiger partial charge in [0.2, 0.25) is 0 Å². The molecule has 0 spiro atoms. The van der Waals surface area contributed by atoms with Gasteiger partial charge < -0.3 is 9.88 Å². The molecule has 1 unspecified atom stereocenters. The maximum Gasteiger partial charge on any atom is 0.150 e. The van der Waals surface area contributed by atoms with E-state index in [-0.39, 0.29) is 0 Å². The maximum absolute atomic E-state index is 4.49. The van der Waals surface area contributed by atoms with E-state index < -0.39 is 0 Å². The van der Waals surface area contributed by atoms with Crippen LogP contribution in [0.1, 0.15) is 76.0 Å². The highest BCUT2D eigenvalue weighted by atomic mass is 15.3. The number of fused-ring (bicyclic) bond motifs is 1. The summed E-state index contributed by atoms with van der Waals surface area (Å²) in [5.41, 5.74) is 0. The Balaban J connectivity index is 1.62. The SMILES string of the molecule is CCCC1NCCn2c(CCC3CCCCC3)nnc21. The van der Waals surface area contributed by atoms with Gasteiger partial charge in [-0.3, -0.25) is 0 Å². The van der Waals surface area contributed by atoms with Crippen molar-refractivity contribution in [1.82, 2.24) is 20.1 Å². The summed E-state index contributed by atoms with van der Waals surface area (Å²) < 4.78 is 2.39. The fourth-order valence-electron chi connectivity index (χ4n) is 3.81. The standard InChI is InChI=1S/C16H28N4/c1-2-6-14-16-19-18-15(20(16)12-11-17-14)10-9-13-7-4-3-5-8-13/h13-14,17H,2-12H2,1H3. The predicted octanol–water partition coefficient (Wildman–Crippen LogP) is 3.24. The monoisotopic (exact) mass is 276 g/mol. The van der Waals surface area contributed by atoms with E-state index in [1.807, 2.05) is 0 Å². The molecule has 112 valence electrons. The summed E-state index contributed by atoms with van der Waals surface area (Å²) in [4.78, 5) is 0. The summed E-state index contributed by atoms with van der Waals surface area (Å²) >= 11 is 0. The first-order chi connectivity index (χ1) is 9.88. The van der Waals surface area contributed by atoms with Gasteiger partial charge in [-0.2, -0.15) is 0 Å². The van der Waals surface area contributed by atoms with Crippen molar-refractivity contribution in [2.45, 2.75) is 77.3 Å². The van der Waals surface area contributed by atoms with E-state index in [0.717, 1.165) is 25.4 Å². The molecule has 1 atom stereocenters. The van der Waals surface area contributed by atoms with Crippen LogP contribution in [0, 0.1) is 5.92 Å². The van der Waals surface area contributed by atoms with Gasteiger partial charge in [0.05, 0.1) is 6.04 Å². The van der Waals surface area contributed by atoms with Crippen LogP contribution in [0.5, 0.6) is 0 Å². The second kappa shape index (κ2) is 6.70. The van der Waals surface area contributed by atoms with Crippen molar-refractivity contribution in [3.63, 3.8) is 0 Å². The zero-order valence-corrected chi connectivity index (χ0v) is 12.8. The van der Waals surface area contributed by atoms with Crippen LogP contribution in [0.15, 0.2) is 0 Å². The highest BCUT2D eigenvalue weighted by Gasteiger charge is 2.24. The van der Waals surface area contributed by atoms with Crippen LogP contribution in [-0.4, -0.2) is 21.3 Å². The molecule has 1 aromatic rings. The largest absolute Gasteiger partial charge is 0.312 e. The minimum atomic E-state index is 0.421. The number of nitrogens with zero attached hydrogens (tertiary/aromatic N) is 3. The van der Waals surface area contributed by atoms with Crippen molar-refractivity contribution in [3.05, 3.63) is 11.6 Å². The Kier molecular flexibility index (Phi) is 4.71. The Morgan fingerprint density at radius 2 is 2.00 bits per heavy atom. The predicted molar refractivity (Wildman–Crippen MR) is 80.6 cm³/mol. The summed E-state index contributed by atoms with van der Waals surface area (Å²) in [6, 6.07) is 0.421. The first-order valence-corrected chi connectivity index (χ1v) is 8.54. The minimum Gasteiger partial charge on any atom is -0.312 e. The molecular weight excluding hydrogens is 248 g/mol. The quantitative estimate of drug-likeness (QED) is 0.898. The van der Waals surface area contributed by atoms with Gasteiger partial charge in [-0.1, -0.05) is 45.4 Å². The van der Waals surface area contributed by atoms with E-state index in [1.54, 1.807) is 0 Å². The first-order valence-electron chi connectivity index (χ1n) is 8.54. The maximum atomic E-state index is 4.49. The van der Waals surface area contributed by atoms with Gasteiger partial charge in [-0.15, -0.1) is 10.2 Å². The molecule has 1 aliphatic heterocycles. The molecular formula is C16H28N4. The molecule has 4 nitrogen and oxygen atoms in total. The zero-order valence-electron chi connectivity index (χ0n) is 12.8. The first kappa shape index (κ1) is 14.1. The molecule has 0 bridgehead atoms. The molecule has 1 fully saturated rings. The third kappa shape index (κ3) is 3.05. The van der Waals surface area contributed by atoms with E-state index in [4.69, 9.17) is 0 Å². The fourth-order valence-corrected chi connectivity index (χ4v) is 3.81. The molecule has 4 heteroatoms. The Morgan fingerprint density at radius 3 is 2.80 bits per heavy atom. The number of rotatable bonds is 5. The van der Waals surface area contributed by atoms with Gasteiger partial charge in [0.25, 0.3) is 0 Å². The van der Waals surface area contributed by atoms with Gasteiger partial charge in [-0.05, 0) is 18.8 Å². The van der Waals surface area contributed by atoms with Crippen LogP contribution >= 0.6 is 0 Å². The molecule has 1 saturated carbocycles. The second-order valence-corrected chi connectivity index (χ2v) is 6.46. The van der Waals surface area contributed by atoms with Crippen LogP contribution in [0.4, 0.5) is 0 Å². The van der Waals surface area contributed by atoms with Crippen LogP contribution in [-0.2, 0) is 13.0 Å². The van der Waals surface area contributed by atoms with Gasteiger partial charge in [0.15, 0.2) is 0 Å². The fraction of sp³-hybridized carbons (Fsp3) is 0.875. The van der Waals surface area contributed by atoms with E-state index in [9.17, 15) is 0 Å². The average Bonchev–Trinajstić information content (AvgIpc) is 2.91. The summed E-state index contributed by atoms with van der Waals surface area (Å²) in [6.45, 7) is 4.34. The van der Waals surface area contributed by atoms with Crippen LogP contribution in [0.3, 0.4) is 0 Å². The smallest absolute Gasteiger partial charge is 0.150 e. The lowest BCUT2D eigenvalue weighted by atomic mass is 9.86. The van der Waals surface area contributed by atoms with Crippen LogP contribution < -0.4 is 5.32 Å². The van der Waals surface area contributed by atoms with Gasteiger partial charge in [-0.25, -0.2) is 0 Å². The van der Waals surface area contributed by atoms with Crippen molar-refractivity contribution in [3.8, 4) is 0 Å². The van der Waals surface area contributed by atoms with E-state index in [2.05, 4.69) is 27.0 Å². The molecule has 1 aromatic heterocycles. The molecule has 0 aromatic carbocycles. The second-order valence-electron chi connectivity index (χ2n) is 6.46. The molecule has 20 heavy (non-hydrogen) atoms. The Hall–Kier alpha value is -0.900. The number of aryl methyl sites for hydroxylation is 1. The van der Waals surface area contributed by atoms with Gasteiger partial charge in [0.1, 0.15) is 11.6 Å². The molecule has 3 rings (SSSR count). The molecule has 1 aliphatic carbocycles. The highest BCUT2D eigenvalue weighted by Crippen LogP contribution is 2.28. The summed E-state index contributed by atoms with van der Waals surface area (Å²) in [5, 5.41) is 12.5. The summed E-state index contributed by atoms with van der Waals surface area (Å²) in [6.07, 6.45) is 12.0. The van der Waals surface area contributed by atoms with E-state index >= 15 is 0 Å².